The molecule has 0 aliphatic heterocycles. The molecule has 0 unspecified atom stereocenters. The summed E-state index contributed by atoms with van der Waals surface area (Å²) in [4.78, 5) is 30.4. The van der Waals surface area contributed by atoms with E-state index >= 15 is 0 Å². The van der Waals surface area contributed by atoms with E-state index in [1.54, 1.807) is 6.20 Å². The van der Waals surface area contributed by atoms with Gasteiger partial charge < -0.3 is 5.32 Å². The average molecular weight is 718 g/mol. The van der Waals surface area contributed by atoms with E-state index in [0.29, 0.717) is 12.1 Å². The van der Waals surface area contributed by atoms with Crippen molar-refractivity contribution < 1.29 is 4.79 Å². The number of rotatable bonds is 18. The SMILES string of the molecule is CCC=CCC=CCC=CCC=CCC=CCC=CCCC(=O)NC1(c2ccc(-c3nc4ccn5c(=O)[nH]nc5c4cc3-c3ccccc3)cc2)CCC1. The Labute approximate surface area is 318 Å². The third-order valence-corrected chi connectivity index (χ3v) is 9.89. The second kappa shape index (κ2) is 19.3. The van der Waals surface area contributed by atoms with Crippen LogP contribution >= 0.6 is 0 Å². The summed E-state index contributed by atoms with van der Waals surface area (Å²) >= 11 is 0. The Morgan fingerprint density at radius 1 is 0.778 bits per heavy atom. The second-order valence-corrected chi connectivity index (χ2v) is 13.7. The van der Waals surface area contributed by atoms with Gasteiger partial charge in [-0.3, -0.25) is 4.79 Å². The van der Waals surface area contributed by atoms with Crippen LogP contribution in [0.15, 0.2) is 151 Å². The topological polar surface area (TPSA) is 92.2 Å². The first-order valence-corrected chi connectivity index (χ1v) is 19.4. The molecule has 0 radical (unpaired) electrons. The van der Waals surface area contributed by atoms with Crippen LogP contribution in [0.3, 0.4) is 0 Å². The van der Waals surface area contributed by atoms with Gasteiger partial charge in [-0.1, -0.05) is 134 Å². The van der Waals surface area contributed by atoms with Crippen molar-refractivity contribution in [2.75, 3.05) is 0 Å². The van der Waals surface area contributed by atoms with Crippen molar-refractivity contribution in [3.05, 3.63) is 162 Å². The number of allylic oxidation sites excluding steroid dienone is 12. The monoisotopic (exact) mass is 717 g/mol. The highest BCUT2D eigenvalue weighted by molar-refractivity contribution is 5.98. The van der Waals surface area contributed by atoms with Gasteiger partial charge in [0, 0.05) is 29.1 Å². The van der Waals surface area contributed by atoms with Crippen molar-refractivity contribution in [2.24, 2.45) is 0 Å². The number of aromatic amines is 1. The number of carbonyl (C=O) groups excluding carboxylic acids is 1. The third-order valence-electron chi connectivity index (χ3n) is 9.89. The van der Waals surface area contributed by atoms with E-state index in [9.17, 15) is 9.59 Å². The zero-order valence-corrected chi connectivity index (χ0v) is 31.3. The summed E-state index contributed by atoms with van der Waals surface area (Å²) in [6, 6.07) is 22.6. The minimum absolute atomic E-state index is 0.0876. The molecule has 7 nitrogen and oxygen atoms in total. The predicted octanol–water partition coefficient (Wildman–Crippen LogP) is 10.9. The van der Waals surface area contributed by atoms with Crippen molar-refractivity contribution in [2.45, 2.75) is 83.1 Å². The molecule has 1 aliphatic carbocycles. The number of carbonyl (C=O) groups is 1. The maximum absolute atomic E-state index is 13.1. The molecule has 1 aliphatic rings. The maximum Gasteiger partial charge on any atom is 0.347 e. The number of amides is 1. The molecular weight excluding hydrogens is 667 g/mol. The van der Waals surface area contributed by atoms with Gasteiger partial charge >= 0.3 is 5.69 Å². The summed E-state index contributed by atoms with van der Waals surface area (Å²) in [6.07, 6.45) is 38.0. The lowest BCUT2D eigenvalue weighted by Gasteiger charge is -2.43. The molecule has 0 bridgehead atoms. The van der Waals surface area contributed by atoms with Crippen molar-refractivity contribution in [3.8, 4) is 22.4 Å². The molecule has 0 atom stereocenters. The van der Waals surface area contributed by atoms with Crippen LogP contribution in [-0.2, 0) is 10.3 Å². The quantitative estimate of drug-likeness (QED) is 0.0883. The standard InChI is InChI=1S/C47H51N5O2/c1-2-3-4-5-6-7-8-9-10-11-12-13-14-15-16-17-18-19-23-27-43(53)49-47(33-24-34-47)39-30-28-38(29-31-39)44-40(37-25-21-20-22-26-37)36-41-42(48-44)32-35-52-45(41)50-51-46(52)54/h3-4,6-7,9-10,12-13,15-16,18-22,25-26,28-32,35-36H,2,5,8,11,14,17,23-24,27,33-34H2,1H3,(H,49,53)(H,51,54). The summed E-state index contributed by atoms with van der Waals surface area (Å²) < 4.78 is 1.50. The van der Waals surface area contributed by atoms with Crippen molar-refractivity contribution in [1.29, 1.82) is 0 Å². The Morgan fingerprint density at radius 3 is 1.98 bits per heavy atom. The maximum atomic E-state index is 13.1. The molecule has 1 amide bonds. The highest BCUT2D eigenvalue weighted by atomic mass is 16.2. The highest BCUT2D eigenvalue weighted by Crippen LogP contribution is 2.42. The van der Waals surface area contributed by atoms with E-state index in [1.165, 1.54) is 4.40 Å². The highest BCUT2D eigenvalue weighted by Gasteiger charge is 2.39. The Kier molecular flexibility index (Phi) is 13.6. The normalized spacial score (nSPS) is 14.6. The minimum atomic E-state index is -0.327. The molecule has 0 saturated heterocycles. The lowest BCUT2D eigenvalue weighted by Crippen LogP contribution is -2.50. The van der Waals surface area contributed by atoms with E-state index in [1.807, 2.05) is 24.3 Å². The molecule has 5 aromatic rings. The molecular formula is C47H51N5O2. The van der Waals surface area contributed by atoms with Gasteiger partial charge in [-0.25, -0.2) is 19.3 Å². The van der Waals surface area contributed by atoms with E-state index in [-0.39, 0.29) is 17.1 Å². The number of hydrogen-bond donors (Lipinski definition) is 2. The Hall–Kier alpha value is -5.82. The van der Waals surface area contributed by atoms with Gasteiger partial charge in [0.25, 0.3) is 0 Å². The fourth-order valence-corrected chi connectivity index (χ4v) is 6.82. The first-order valence-electron chi connectivity index (χ1n) is 19.4. The molecule has 6 rings (SSSR count). The molecule has 3 heterocycles. The summed E-state index contributed by atoms with van der Waals surface area (Å²) in [7, 11) is 0. The van der Waals surface area contributed by atoms with Gasteiger partial charge in [-0.05, 0) is 87.5 Å². The van der Waals surface area contributed by atoms with Gasteiger partial charge in [0.1, 0.15) is 0 Å². The van der Waals surface area contributed by atoms with Crippen LogP contribution in [-0.4, -0.2) is 25.5 Å². The number of nitrogens with zero attached hydrogens (tertiary/aromatic N) is 3. The smallest absolute Gasteiger partial charge is 0.347 e. The fraction of sp³-hybridized carbons (Fsp3) is 0.277. The van der Waals surface area contributed by atoms with Gasteiger partial charge in [0.15, 0.2) is 5.65 Å². The van der Waals surface area contributed by atoms with E-state index < -0.39 is 0 Å². The summed E-state index contributed by atoms with van der Waals surface area (Å²) in [5.74, 6) is 0.0876. The number of hydrogen-bond acceptors (Lipinski definition) is 4. The van der Waals surface area contributed by atoms with Crippen LogP contribution < -0.4 is 11.0 Å². The first kappa shape index (κ1) is 37.9. The summed E-state index contributed by atoms with van der Waals surface area (Å²) in [5, 5.41) is 11.0. The van der Waals surface area contributed by atoms with Gasteiger partial charge in [-0.2, -0.15) is 5.10 Å². The lowest BCUT2D eigenvalue weighted by molar-refractivity contribution is -0.124. The molecule has 54 heavy (non-hydrogen) atoms. The minimum Gasteiger partial charge on any atom is -0.347 e. The van der Waals surface area contributed by atoms with Gasteiger partial charge in [-0.15, -0.1) is 0 Å². The zero-order chi connectivity index (χ0) is 37.4. The Morgan fingerprint density at radius 2 is 1.39 bits per heavy atom. The number of pyridine rings is 2. The molecule has 2 aromatic carbocycles. The molecule has 0 spiro atoms. The van der Waals surface area contributed by atoms with E-state index in [2.05, 4.69) is 138 Å². The number of aromatic nitrogens is 4. The lowest BCUT2D eigenvalue weighted by atomic mass is 9.71. The van der Waals surface area contributed by atoms with Crippen LogP contribution in [0.2, 0.25) is 0 Å². The van der Waals surface area contributed by atoms with Crippen molar-refractivity contribution >= 4 is 22.5 Å². The van der Waals surface area contributed by atoms with Crippen LogP contribution in [0, 0.1) is 0 Å². The number of fused-ring (bicyclic) bond motifs is 3. The first-order chi connectivity index (χ1) is 26.6. The van der Waals surface area contributed by atoms with Crippen LogP contribution in [0.25, 0.3) is 38.9 Å². The number of H-pyrrole nitrogens is 1. The van der Waals surface area contributed by atoms with Crippen LogP contribution in [0.1, 0.15) is 83.1 Å². The second-order valence-electron chi connectivity index (χ2n) is 13.7. The third kappa shape index (κ3) is 9.78. The zero-order valence-electron chi connectivity index (χ0n) is 31.3. The molecule has 3 aromatic heterocycles. The molecule has 1 fully saturated rings. The van der Waals surface area contributed by atoms with Crippen LogP contribution in [0.5, 0.6) is 0 Å². The molecule has 7 heteroatoms. The van der Waals surface area contributed by atoms with Crippen LogP contribution in [0.4, 0.5) is 0 Å². The Balaban J connectivity index is 0.993. The molecule has 1 saturated carbocycles. The van der Waals surface area contributed by atoms with Gasteiger partial charge in [0.2, 0.25) is 5.91 Å². The predicted molar refractivity (Wildman–Crippen MR) is 223 cm³/mol. The fourth-order valence-electron chi connectivity index (χ4n) is 6.82. The van der Waals surface area contributed by atoms with E-state index in [0.717, 1.165) is 103 Å². The van der Waals surface area contributed by atoms with E-state index in [4.69, 9.17) is 4.98 Å². The number of nitrogens with one attached hydrogen (secondary N) is 2. The van der Waals surface area contributed by atoms with Crippen molar-refractivity contribution in [1.82, 2.24) is 24.9 Å². The van der Waals surface area contributed by atoms with Crippen molar-refractivity contribution in [3.63, 3.8) is 0 Å². The summed E-state index contributed by atoms with van der Waals surface area (Å²) in [5.41, 5.74) is 5.65. The number of benzene rings is 2. The largest absolute Gasteiger partial charge is 0.347 e. The van der Waals surface area contributed by atoms with Gasteiger partial charge in [0.05, 0.1) is 16.7 Å². The molecule has 276 valence electrons. The molecule has 2 N–H and O–H groups in total. The average Bonchev–Trinajstić information content (AvgIpc) is 3.57. The summed E-state index contributed by atoms with van der Waals surface area (Å²) in [6.45, 7) is 2.15. The Bertz CT molecular complexity index is 2230.